The molecule has 0 aliphatic rings. The van der Waals surface area contributed by atoms with Crippen molar-refractivity contribution >= 4 is 28.4 Å². The number of pyridine rings is 1. The van der Waals surface area contributed by atoms with E-state index in [0.717, 1.165) is 0 Å². The molecule has 0 bridgehead atoms. The SMILES string of the molecule is O=[N+]([O-])c1cc([N+](=O)[O-])c(Nc2c(F)c(F)nc(F)c2F)c([N+](=O)[O-])c1. The van der Waals surface area contributed by atoms with E-state index in [1.807, 2.05) is 0 Å². The van der Waals surface area contributed by atoms with Crippen LogP contribution in [-0.4, -0.2) is 19.8 Å². The van der Waals surface area contributed by atoms with Crippen molar-refractivity contribution in [3.8, 4) is 0 Å². The lowest BCUT2D eigenvalue weighted by molar-refractivity contribution is -0.401. The van der Waals surface area contributed by atoms with Gasteiger partial charge in [0.2, 0.25) is 11.6 Å². The highest BCUT2D eigenvalue weighted by Gasteiger charge is 2.33. The Balaban J connectivity index is 2.80. The Labute approximate surface area is 138 Å². The number of non-ortho nitro benzene ring substituents is 1. The van der Waals surface area contributed by atoms with Gasteiger partial charge in [-0.15, -0.1) is 0 Å². The van der Waals surface area contributed by atoms with Gasteiger partial charge in [-0.2, -0.15) is 22.5 Å². The average Bonchev–Trinajstić information content (AvgIpc) is 2.55. The Kier molecular flexibility index (Phi) is 4.63. The molecule has 1 aromatic carbocycles. The van der Waals surface area contributed by atoms with E-state index in [1.54, 1.807) is 0 Å². The van der Waals surface area contributed by atoms with Crippen molar-refractivity contribution in [3.05, 3.63) is 66.0 Å². The fraction of sp³-hybridized carbons (Fsp3) is 0. The average molecular weight is 377 g/mol. The van der Waals surface area contributed by atoms with E-state index in [1.165, 1.54) is 5.32 Å². The lowest BCUT2D eigenvalue weighted by Gasteiger charge is -2.10. The van der Waals surface area contributed by atoms with Crippen molar-refractivity contribution in [2.45, 2.75) is 0 Å². The van der Waals surface area contributed by atoms with Crippen molar-refractivity contribution in [2.24, 2.45) is 0 Å². The summed E-state index contributed by atoms with van der Waals surface area (Å²) in [6.07, 6.45) is 0. The quantitative estimate of drug-likeness (QED) is 0.361. The van der Waals surface area contributed by atoms with Crippen LogP contribution in [0.3, 0.4) is 0 Å². The lowest BCUT2D eigenvalue weighted by Crippen LogP contribution is -2.09. The molecule has 0 saturated heterocycles. The minimum absolute atomic E-state index is 0.263. The van der Waals surface area contributed by atoms with Gasteiger partial charge >= 0.3 is 11.4 Å². The van der Waals surface area contributed by atoms with E-state index < -0.39 is 66.7 Å². The number of benzene rings is 1. The number of halogens is 4. The van der Waals surface area contributed by atoms with E-state index in [-0.39, 0.29) is 12.1 Å². The van der Waals surface area contributed by atoms with Gasteiger partial charge in [-0.25, -0.2) is 0 Å². The predicted molar refractivity (Wildman–Crippen MR) is 73.8 cm³/mol. The van der Waals surface area contributed by atoms with Crippen LogP contribution in [0.1, 0.15) is 0 Å². The second-order valence-corrected chi connectivity index (χ2v) is 4.45. The number of nitrogens with one attached hydrogen (secondary N) is 1. The number of nitrogens with zero attached hydrogens (tertiary/aromatic N) is 4. The Bertz CT molecular complexity index is 907. The molecule has 0 unspecified atom stereocenters. The molecule has 11 nitrogen and oxygen atoms in total. The van der Waals surface area contributed by atoms with Crippen molar-refractivity contribution in [2.75, 3.05) is 5.32 Å². The third kappa shape index (κ3) is 3.17. The molecule has 2 aromatic rings. The van der Waals surface area contributed by atoms with Gasteiger partial charge in [0.25, 0.3) is 17.6 Å². The molecule has 1 N–H and O–H groups in total. The van der Waals surface area contributed by atoms with Gasteiger partial charge in [-0.05, 0) is 0 Å². The maximum Gasteiger partial charge on any atom is 0.306 e. The van der Waals surface area contributed by atoms with Gasteiger partial charge in [-0.3, -0.25) is 30.3 Å². The summed E-state index contributed by atoms with van der Waals surface area (Å²) in [4.78, 5) is 31.2. The number of hydrogen-bond acceptors (Lipinski definition) is 8. The molecule has 0 spiro atoms. The molecular weight excluding hydrogens is 374 g/mol. The molecule has 0 amide bonds. The van der Waals surface area contributed by atoms with Crippen molar-refractivity contribution in [1.29, 1.82) is 0 Å². The number of anilines is 2. The van der Waals surface area contributed by atoms with Crippen LogP contribution in [0.2, 0.25) is 0 Å². The topological polar surface area (TPSA) is 154 Å². The number of nitro benzene ring substituents is 3. The number of hydrogen-bond donors (Lipinski definition) is 1. The Hall–Kier alpha value is -3.91. The summed E-state index contributed by atoms with van der Waals surface area (Å²) in [5.41, 5.74) is -6.60. The molecule has 0 aliphatic carbocycles. The summed E-state index contributed by atoms with van der Waals surface area (Å²) in [5.74, 6) is -8.49. The zero-order valence-corrected chi connectivity index (χ0v) is 11.9. The second-order valence-electron chi connectivity index (χ2n) is 4.45. The minimum Gasteiger partial charge on any atom is -0.339 e. The fourth-order valence-corrected chi connectivity index (χ4v) is 1.84. The van der Waals surface area contributed by atoms with E-state index in [9.17, 15) is 47.9 Å². The minimum atomic E-state index is -2.13. The first kappa shape index (κ1) is 18.4. The molecule has 1 aromatic heterocycles. The summed E-state index contributed by atoms with van der Waals surface area (Å²) >= 11 is 0. The Morgan fingerprint density at radius 1 is 0.769 bits per heavy atom. The van der Waals surface area contributed by atoms with Crippen LogP contribution in [0.5, 0.6) is 0 Å². The fourth-order valence-electron chi connectivity index (χ4n) is 1.84. The standard InChI is InChI=1S/C11H3F4N5O6/c12-6-9(7(13)11(15)17-10(6)14)16-8-4(19(23)24)1-3(18(21)22)2-5(8)20(25)26/h1-2H,(H,16,17). The van der Waals surface area contributed by atoms with Crippen LogP contribution >= 0.6 is 0 Å². The number of aromatic nitrogens is 1. The smallest absolute Gasteiger partial charge is 0.306 e. The summed E-state index contributed by atoms with van der Waals surface area (Å²) in [5, 5.41) is 34.3. The first-order chi connectivity index (χ1) is 12.0. The van der Waals surface area contributed by atoms with E-state index in [0.29, 0.717) is 0 Å². The highest BCUT2D eigenvalue weighted by atomic mass is 19.2. The zero-order valence-electron chi connectivity index (χ0n) is 11.9. The first-order valence-electron chi connectivity index (χ1n) is 6.12. The van der Waals surface area contributed by atoms with E-state index in [2.05, 4.69) is 4.98 Å². The molecule has 1 heterocycles. The van der Waals surface area contributed by atoms with Crippen molar-refractivity contribution in [3.63, 3.8) is 0 Å². The van der Waals surface area contributed by atoms with Gasteiger partial charge in [-0.1, -0.05) is 0 Å². The highest BCUT2D eigenvalue weighted by molar-refractivity contribution is 5.81. The molecule has 136 valence electrons. The van der Waals surface area contributed by atoms with Crippen LogP contribution in [0.25, 0.3) is 0 Å². The van der Waals surface area contributed by atoms with E-state index >= 15 is 0 Å². The lowest BCUT2D eigenvalue weighted by atomic mass is 10.2. The van der Waals surface area contributed by atoms with Crippen LogP contribution in [0.4, 0.5) is 46.0 Å². The summed E-state index contributed by atoms with van der Waals surface area (Å²) in [6.45, 7) is 0. The molecule has 0 saturated carbocycles. The third-order valence-electron chi connectivity index (χ3n) is 2.93. The first-order valence-corrected chi connectivity index (χ1v) is 6.12. The predicted octanol–water partition coefficient (Wildman–Crippen LogP) is 3.11. The van der Waals surface area contributed by atoms with Crippen molar-refractivity contribution < 1.29 is 32.3 Å². The highest BCUT2D eigenvalue weighted by Crippen LogP contribution is 2.41. The van der Waals surface area contributed by atoms with Gasteiger partial charge in [0.15, 0.2) is 5.69 Å². The third-order valence-corrected chi connectivity index (χ3v) is 2.93. The molecule has 26 heavy (non-hydrogen) atoms. The Morgan fingerprint density at radius 3 is 1.54 bits per heavy atom. The molecule has 15 heteroatoms. The maximum absolute atomic E-state index is 13.6. The molecule has 0 atom stereocenters. The zero-order chi connectivity index (χ0) is 19.8. The summed E-state index contributed by atoms with van der Waals surface area (Å²) in [6, 6.07) is 0.526. The largest absolute Gasteiger partial charge is 0.339 e. The maximum atomic E-state index is 13.6. The van der Waals surface area contributed by atoms with Crippen LogP contribution in [0.15, 0.2) is 12.1 Å². The van der Waals surface area contributed by atoms with Gasteiger partial charge in [0.05, 0.1) is 26.9 Å². The molecule has 0 aliphatic heterocycles. The van der Waals surface area contributed by atoms with Gasteiger partial charge in [0, 0.05) is 0 Å². The van der Waals surface area contributed by atoms with E-state index in [4.69, 9.17) is 0 Å². The van der Waals surface area contributed by atoms with Gasteiger partial charge in [0.1, 0.15) is 5.69 Å². The van der Waals surface area contributed by atoms with Crippen molar-refractivity contribution in [1.82, 2.24) is 4.98 Å². The summed E-state index contributed by atoms with van der Waals surface area (Å²) < 4.78 is 53.5. The molecule has 0 radical (unpaired) electrons. The van der Waals surface area contributed by atoms with Crippen LogP contribution < -0.4 is 5.32 Å². The number of nitro groups is 3. The molecule has 0 fully saturated rings. The summed E-state index contributed by atoms with van der Waals surface area (Å²) in [7, 11) is 0. The Morgan fingerprint density at radius 2 is 1.19 bits per heavy atom. The van der Waals surface area contributed by atoms with Gasteiger partial charge < -0.3 is 5.32 Å². The monoisotopic (exact) mass is 377 g/mol. The second kappa shape index (κ2) is 6.54. The van der Waals surface area contributed by atoms with Crippen LogP contribution in [-0.2, 0) is 0 Å². The number of rotatable bonds is 5. The normalized spacial score (nSPS) is 10.5. The molecular formula is C11H3F4N5O6. The van der Waals surface area contributed by atoms with Crippen LogP contribution in [0, 0.1) is 53.9 Å². The molecule has 2 rings (SSSR count).